The van der Waals surface area contributed by atoms with Crippen LogP contribution in [0.4, 0.5) is 0 Å². The van der Waals surface area contributed by atoms with Crippen molar-refractivity contribution in [3.8, 4) is 0 Å². The van der Waals surface area contributed by atoms with Crippen LogP contribution in [0.2, 0.25) is 0 Å². The zero-order valence-corrected chi connectivity index (χ0v) is 16.3. The minimum absolute atomic E-state index is 0.487. The monoisotopic (exact) mass is 378 g/mol. The predicted molar refractivity (Wildman–Crippen MR) is 113 cm³/mol. The van der Waals surface area contributed by atoms with Crippen molar-refractivity contribution in [2.75, 3.05) is 0 Å². The molecule has 132 valence electrons. The third kappa shape index (κ3) is 5.53. The summed E-state index contributed by atoms with van der Waals surface area (Å²) >= 11 is 3.52. The summed E-state index contributed by atoms with van der Waals surface area (Å²) in [5, 5.41) is 10.6. The van der Waals surface area contributed by atoms with Crippen LogP contribution in [0.1, 0.15) is 25.0 Å². The van der Waals surface area contributed by atoms with Crippen molar-refractivity contribution >= 4 is 23.5 Å². The molecule has 0 saturated carbocycles. The normalized spacial score (nSPS) is 11.8. The average molecular weight is 379 g/mol. The maximum absolute atomic E-state index is 10.6. The van der Waals surface area contributed by atoms with Gasteiger partial charge in [0.05, 0.1) is 6.10 Å². The molecule has 3 aromatic rings. The Morgan fingerprint density at radius 2 is 1.15 bits per heavy atom. The van der Waals surface area contributed by atoms with Gasteiger partial charge in [0.1, 0.15) is 0 Å². The maximum Gasteiger partial charge on any atom is 0.0827 e. The molecular weight excluding hydrogens is 356 g/mol. The second-order valence-electron chi connectivity index (χ2n) is 6.03. The Morgan fingerprint density at radius 3 is 1.62 bits per heavy atom. The lowest BCUT2D eigenvalue weighted by atomic mass is 10.0. The molecule has 0 heterocycles. The van der Waals surface area contributed by atoms with Gasteiger partial charge in [-0.2, -0.15) is 0 Å². The Labute approximate surface area is 164 Å². The Bertz CT molecular complexity index is 786. The van der Waals surface area contributed by atoms with E-state index in [4.69, 9.17) is 0 Å². The van der Waals surface area contributed by atoms with Crippen LogP contribution in [0, 0.1) is 0 Å². The number of hydrogen-bond acceptors (Lipinski definition) is 3. The fraction of sp³-hybridized carbons (Fsp3) is 0.130. The van der Waals surface area contributed by atoms with E-state index in [9.17, 15) is 5.11 Å². The van der Waals surface area contributed by atoms with Gasteiger partial charge in [0.2, 0.25) is 0 Å². The highest BCUT2D eigenvalue weighted by molar-refractivity contribution is 8.22. The SMILES string of the molecule is CC(C[C@H](O)c1ccccc1)=C(Sc1ccccc1)Sc1ccccc1. The van der Waals surface area contributed by atoms with E-state index in [0.717, 1.165) is 5.56 Å². The van der Waals surface area contributed by atoms with Gasteiger partial charge in [0, 0.05) is 20.4 Å². The molecule has 1 N–H and O–H groups in total. The van der Waals surface area contributed by atoms with Crippen LogP contribution < -0.4 is 0 Å². The average Bonchev–Trinajstić information content (AvgIpc) is 2.69. The van der Waals surface area contributed by atoms with Gasteiger partial charge in [0.25, 0.3) is 0 Å². The van der Waals surface area contributed by atoms with Crippen molar-refractivity contribution in [2.45, 2.75) is 29.2 Å². The molecule has 0 aliphatic rings. The van der Waals surface area contributed by atoms with Crippen molar-refractivity contribution in [1.29, 1.82) is 0 Å². The van der Waals surface area contributed by atoms with Gasteiger partial charge in [-0.3, -0.25) is 0 Å². The van der Waals surface area contributed by atoms with E-state index in [2.05, 4.69) is 55.5 Å². The fourth-order valence-electron chi connectivity index (χ4n) is 2.55. The van der Waals surface area contributed by atoms with E-state index in [1.165, 1.54) is 19.6 Å². The summed E-state index contributed by atoms with van der Waals surface area (Å²) in [6, 6.07) is 30.6. The lowest BCUT2D eigenvalue weighted by Gasteiger charge is -2.16. The van der Waals surface area contributed by atoms with E-state index in [-0.39, 0.29) is 0 Å². The third-order valence-electron chi connectivity index (χ3n) is 3.94. The summed E-state index contributed by atoms with van der Waals surface area (Å²) in [5.41, 5.74) is 2.16. The molecule has 0 fully saturated rings. The minimum Gasteiger partial charge on any atom is -0.388 e. The van der Waals surface area contributed by atoms with Crippen LogP contribution in [-0.4, -0.2) is 5.11 Å². The number of aliphatic hydroxyl groups excluding tert-OH is 1. The van der Waals surface area contributed by atoms with Crippen molar-refractivity contribution in [2.24, 2.45) is 0 Å². The van der Waals surface area contributed by atoms with Crippen molar-refractivity contribution in [3.05, 3.63) is 106 Å². The van der Waals surface area contributed by atoms with Crippen LogP contribution >= 0.6 is 23.5 Å². The topological polar surface area (TPSA) is 20.2 Å². The first-order valence-corrected chi connectivity index (χ1v) is 10.2. The highest BCUT2D eigenvalue weighted by atomic mass is 32.2. The second kappa shape index (κ2) is 9.67. The molecule has 3 heteroatoms. The molecule has 0 unspecified atom stereocenters. The van der Waals surface area contributed by atoms with Crippen LogP contribution in [0.3, 0.4) is 0 Å². The molecule has 1 nitrogen and oxygen atoms in total. The van der Waals surface area contributed by atoms with Gasteiger partial charge >= 0.3 is 0 Å². The summed E-state index contributed by atoms with van der Waals surface area (Å²) in [7, 11) is 0. The highest BCUT2D eigenvalue weighted by Crippen LogP contribution is 2.42. The van der Waals surface area contributed by atoms with Gasteiger partial charge in [-0.05, 0) is 42.3 Å². The van der Waals surface area contributed by atoms with E-state index in [1.54, 1.807) is 23.5 Å². The standard InChI is InChI=1S/C23H22OS2/c1-18(17-22(24)19-11-5-2-6-12-19)23(25-20-13-7-3-8-14-20)26-21-15-9-4-10-16-21/h2-16,22,24H,17H2,1H3/t22-/m0/s1. The summed E-state index contributed by atoms with van der Waals surface area (Å²) in [6.45, 7) is 2.12. The first kappa shape index (κ1) is 18.8. The first-order valence-electron chi connectivity index (χ1n) is 8.61. The lowest BCUT2D eigenvalue weighted by molar-refractivity contribution is 0.178. The van der Waals surface area contributed by atoms with Gasteiger partial charge in [-0.25, -0.2) is 0 Å². The molecule has 0 aromatic heterocycles. The quantitative estimate of drug-likeness (QED) is 0.450. The van der Waals surface area contributed by atoms with Gasteiger partial charge in [-0.15, -0.1) is 0 Å². The van der Waals surface area contributed by atoms with E-state index in [0.29, 0.717) is 6.42 Å². The molecule has 0 saturated heterocycles. The number of benzene rings is 3. The Kier molecular flexibility index (Phi) is 7.01. The van der Waals surface area contributed by atoms with Gasteiger partial charge in [-0.1, -0.05) is 90.3 Å². The van der Waals surface area contributed by atoms with E-state index >= 15 is 0 Å². The predicted octanol–water partition coefficient (Wildman–Crippen LogP) is 6.93. The van der Waals surface area contributed by atoms with Gasteiger partial charge in [0.15, 0.2) is 0 Å². The van der Waals surface area contributed by atoms with Crippen LogP contribution in [0.5, 0.6) is 0 Å². The zero-order chi connectivity index (χ0) is 18.2. The highest BCUT2D eigenvalue weighted by Gasteiger charge is 2.13. The minimum atomic E-state index is -0.487. The number of aliphatic hydroxyl groups is 1. The molecule has 26 heavy (non-hydrogen) atoms. The summed E-state index contributed by atoms with van der Waals surface area (Å²) in [5.74, 6) is 0. The maximum atomic E-state index is 10.6. The van der Waals surface area contributed by atoms with Crippen LogP contribution in [0.15, 0.2) is 111 Å². The number of hydrogen-bond donors (Lipinski definition) is 1. The van der Waals surface area contributed by atoms with Gasteiger partial charge < -0.3 is 5.11 Å². The lowest BCUT2D eigenvalue weighted by Crippen LogP contribution is -1.98. The first-order chi connectivity index (χ1) is 12.7. The van der Waals surface area contributed by atoms with E-state index in [1.807, 2.05) is 42.5 Å². The molecule has 1 atom stereocenters. The summed E-state index contributed by atoms with van der Waals surface area (Å²) < 4.78 is 1.22. The summed E-state index contributed by atoms with van der Waals surface area (Å²) in [6.07, 6.45) is 0.137. The van der Waals surface area contributed by atoms with Crippen molar-refractivity contribution in [3.63, 3.8) is 0 Å². The molecule has 0 radical (unpaired) electrons. The van der Waals surface area contributed by atoms with Crippen LogP contribution in [0.25, 0.3) is 0 Å². The second-order valence-corrected chi connectivity index (χ2v) is 8.45. The molecule has 0 bridgehead atoms. The molecule has 0 aliphatic carbocycles. The Hall–Kier alpha value is -1.94. The third-order valence-corrected chi connectivity index (χ3v) is 6.52. The molecule has 3 aromatic carbocycles. The molecule has 0 spiro atoms. The molecule has 0 aliphatic heterocycles. The number of rotatable bonds is 7. The molecular formula is C23H22OS2. The Balaban J connectivity index is 1.83. The number of thioether (sulfide) groups is 2. The zero-order valence-electron chi connectivity index (χ0n) is 14.7. The largest absolute Gasteiger partial charge is 0.388 e. The fourth-order valence-corrected chi connectivity index (χ4v) is 4.83. The molecule has 0 amide bonds. The molecule has 3 rings (SSSR count). The van der Waals surface area contributed by atoms with E-state index < -0.39 is 6.10 Å². The van der Waals surface area contributed by atoms with Crippen molar-refractivity contribution in [1.82, 2.24) is 0 Å². The smallest absolute Gasteiger partial charge is 0.0827 e. The Morgan fingerprint density at radius 1 is 0.731 bits per heavy atom. The van der Waals surface area contributed by atoms with Crippen LogP contribution in [-0.2, 0) is 0 Å². The summed E-state index contributed by atoms with van der Waals surface area (Å²) in [4.78, 5) is 2.42. The van der Waals surface area contributed by atoms with Crippen molar-refractivity contribution < 1.29 is 5.11 Å².